The number of hydrogen-bond acceptors (Lipinski definition) is 12. The van der Waals surface area contributed by atoms with Crippen LogP contribution in [0.3, 0.4) is 0 Å². The first-order valence-corrected chi connectivity index (χ1v) is 13.5. The smallest absolute Gasteiger partial charge is 0.332 e. The summed E-state index contributed by atoms with van der Waals surface area (Å²) in [4.78, 5) is 84.6. The molecule has 4 N–H and O–H groups in total. The van der Waals surface area contributed by atoms with E-state index in [1.54, 1.807) is 24.3 Å². The predicted molar refractivity (Wildman–Crippen MR) is 152 cm³/mol. The molecular weight excluding hydrogens is 560 g/mol. The zero-order valence-electron chi connectivity index (χ0n) is 21.8. The maximum Gasteiger partial charge on any atom is 0.332 e. The molecule has 3 heterocycles. The standard InChI is InChI=1S/C24H24N8O6S2/c1-29-17(25)15(21(35)31(3)23(29)37)13(33)9-39-19-20(28-12-8-6-5-7-11(12)27-19)40-10-14(34)16-18(26)30(2)24(38)32(4)22(16)36/h5-8H,9-10,25-26H2,1-4H3. The van der Waals surface area contributed by atoms with Gasteiger partial charge in [-0.25, -0.2) is 19.6 Å². The van der Waals surface area contributed by atoms with Crippen LogP contribution in [0.5, 0.6) is 0 Å². The van der Waals surface area contributed by atoms with Gasteiger partial charge in [-0.1, -0.05) is 35.7 Å². The van der Waals surface area contributed by atoms with Gasteiger partial charge in [0, 0.05) is 28.2 Å². The summed E-state index contributed by atoms with van der Waals surface area (Å²) in [5.74, 6) is -2.27. The van der Waals surface area contributed by atoms with Crippen molar-refractivity contribution in [1.29, 1.82) is 0 Å². The molecule has 4 aromatic rings. The molecule has 0 amide bonds. The third kappa shape index (κ3) is 4.98. The second-order valence-corrected chi connectivity index (χ2v) is 10.6. The normalized spacial score (nSPS) is 11.2. The second-order valence-electron chi connectivity index (χ2n) is 8.68. The van der Waals surface area contributed by atoms with Crippen molar-refractivity contribution in [2.45, 2.75) is 10.1 Å². The van der Waals surface area contributed by atoms with Gasteiger partial charge < -0.3 is 11.5 Å². The number of carbonyl (C=O) groups excluding carboxylic acids is 2. The number of ketones is 2. The van der Waals surface area contributed by atoms with Crippen LogP contribution >= 0.6 is 23.5 Å². The molecule has 0 atom stereocenters. The maximum atomic E-state index is 13.1. The molecule has 1 aromatic carbocycles. The average Bonchev–Trinajstić information content (AvgIpc) is 2.94. The molecule has 0 bridgehead atoms. The van der Waals surface area contributed by atoms with Crippen LogP contribution in [0.2, 0.25) is 0 Å². The van der Waals surface area contributed by atoms with Crippen LogP contribution in [-0.4, -0.2) is 51.3 Å². The molecule has 3 aromatic heterocycles. The van der Waals surface area contributed by atoms with Crippen molar-refractivity contribution >= 4 is 57.8 Å². The summed E-state index contributed by atoms with van der Waals surface area (Å²) in [5, 5.41) is 0.595. The molecule has 0 radical (unpaired) electrons. The van der Waals surface area contributed by atoms with Crippen LogP contribution < -0.4 is 34.0 Å². The van der Waals surface area contributed by atoms with E-state index in [1.807, 2.05) is 0 Å². The number of fused-ring (bicyclic) bond motifs is 1. The van der Waals surface area contributed by atoms with Crippen molar-refractivity contribution in [3.05, 3.63) is 77.1 Å². The summed E-state index contributed by atoms with van der Waals surface area (Å²) in [5.41, 5.74) is 9.28. The molecule has 0 saturated carbocycles. The number of benzene rings is 1. The van der Waals surface area contributed by atoms with Crippen LogP contribution in [0.15, 0.2) is 53.5 Å². The number of rotatable bonds is 8. The molecule has 14 nitrogen and oxygen atoms in total. The van der Waals surface area contributed by atoms with E-state index in [0.717, 1.165) is 41.8 Å². The first kappa shape index (κ1) is 28.6. The van der Waals surface area contributed by atoms with E-state index in [-0.39, 0.29) is 34.3 Å². The number of anilines is 2. The number of hydrogen-bond donors (Lipinski definition) is 2. The van der Waals surface area contributed by atoms with Crippen molar-refractivity contribution < 1.29 is 9.59 Å². The minimum Gasteiger partial charge on any atom is -0.384 e. The number of aromatic nitrogens is 6. The molecule has 0 saturated heterocycles. The van der Waals surface area contributed by atoms with Gasteiger partial charge >= 0.3 is 11.4 Å². The monoisotopic (exact) mass is 584 g/mol. The van der Waals surface area contributed by atoms with Crippen LogP contribution in [0, 0.1) is 0 Å². The molecular formula is C24H24N8O6S2. The summed E-state index contributed by atoms with van der Waals surface area (Å²) in [7, 11) is 5.21. The predicted octanol–water partition coefficient (Wildman–Crippen LogP) is -0.461. The number of nitrogens with zero attached hydrogens (tertiary/aromatic N) is 6. The van der Waals surface area contributed by atoms with E-state index in [0.29, 0.717) is 21.1 Å². The van der Waals surface area contributed by atoms with E-state index in [1.165, 1.54) is 28.2 Å². The second kappa shape index (κ2) is 11.0. The fraction of sp³-hybridized carbons (Fsp3) is 0.250. The van der Waals surface area contributed by atoms with Crippen molar-refractivity contribution in [2.24, 2.45) is 28.2 Å². The van der Waals surface area contributed by atoms with Crippen molar-refractivity contribution in [3.8, 4) is 0 Å². The molecule has 0 unspecified atom stereocenters. The molecule has 0 fully saturated rings. The third-order valence-corrected chi connectivity index (χ3v) is 8.22. The Balaban J connectivity index is 1.66. The lowest BCUT2D eigenvalue weighted by Gasteiger charge is -2.12. The van der Waals surface area contributed by atoms with Gasteiger partial charge in [0.15, 0.2) is 11.6 Å². The average molecular weight is 585 g/mol. The molecule has 40 heavy (non-hydrogen) atoms. The molecule has 208 valence electrons. The molecule has 0 spiro atoms. The van der Waals surface area contributed by atoms with Crippen molar-refractivity contribution in [1.82, 2.24) is 28.2 Å². The number of Topliss-reactive ketones (excluding diaryl/α,β-unsaturated/α-hetero) is 2. The highest BCUT2D eigenvalue weighted by Crippen LogP contribution is 2.31. The van der Waals surface area contributed by atoms with Crippen LogP contribution in [0.4, 0.5) is 11.6 Å². The minimum absolute atomic E-state index is 0.250. The zero-order valence-corrected chi connectivity index (χ0v) is 23.5. The summed E-state index contributed by atoms with van der Waals surface area (Å²) in [6.45, 7) is 0. The van der Waals surface area contributed by atoms with Gasteiger partial charge in [-0.15, -0.1) is 0 Å². The van der Waals surface area contributed by atoms with Gasteiger partial charge in [0.25, 0.3) is 11.1 Å². The topological polar surface area (TPSA) is 200 Å². The number of thioether (sulfide) groups is 2. The van der Waals surface area contributed by atoms with Crippen molar-refractivity contribution in [3.63, 3.8) is 0 Å². The highest BCUT2D eigenvalue weighted by Gasteiger charge is 2.24. The highest BCUT2D eigenvalue weighted by atomic mass is 32.2. The zero-order chi connectivity index (χ0) is 29.5. The lowest BCUT2D eigenvalue weighted by Crippen LogP contribution is -2.41. The number of nitrogen functional groups attached to an aromatic ring is 2. The van der Waals surface area contributed by atoms with Crippen LogP contribution in [0.1, 0.15) is 20.7 Å². The third-order valence-electron chi connectivity index (χ3n) is 6.17. The van der Waals surface area contributed by atoms with Gasteiger partial charge in [-0.2, -0.15) is 0 Å². The van der Waals surface area contributed by atoms with E-state index >= 15 is 0 Å². The van der Waals surface area contributed by atoms with Crippen molar-refractivity contribution in [2.75, 3.05) is 23.0 Å². The first-order chi connectivity index (χ1) is 18.8. The van der Waals surface area contributed by atoms with E-state index in [9.17, 15) is 28.8 Å². The molecule has 0 aliphatic rings. The number of para-hydroxylation sites is 2. The molecule has 0 aliphatic heterocycles. The van der Waals surface area contributed by atoms with Gasteiger partial charge in [0.2, 0.25) is 0 Å². The van der Waals surface area contributed by atoms with E-state index in [2.05, 4.69) is 9.97 Å². The number of carbonyl (C=O) groups is 2. The molecule has 0 aliphatic carbocycles. The Labute approximate surface area is 233 Å². The Morgan fingerprint density at radius 1 is 0.675 bits per heavy atom. The van der Waals surface area contributed by atoms with Gasteiger partial charge in [-0.3, -0.25) is 37.4 Å². The minimum atomic E-state index is -0.813. The lowest BCUT2D eigenvalue weighted by molar-refractivity contribution is 0.101. The summed E-state index contributed by atoms with van der Waals surface area (Å²) < 4.78 is 3.62. The maximum absolute atomic E-state index is 13.1. The van der Waals surface area contributed by atoms with Crippen LogP contribution in [-0.2, 0) is 28.2 Å². The first-order valence-electron chi connectivity index (χ1n) is 11.5. The Morgan fingerprint density at radius 3 is 1.38 bits per heavy atom. The number of nitrogens with two attached hydrogens (primary N) is 2. The van der Waals surface area contributed by atoms with Gasteiger partial charge in [0.1, 0.15) is 32.8 Å². The Hall–Kier alpha value is -4.44. The SMILES string of the molecule is Cn1c(N)c(C(=O)CSc2nc3ccccc3nc2SCC(=O)c2c(N)n(C)c(=O)n(C)c2=O)c(=O)n(C)c1=O. The summed E-state index contributed by atoms with van der Waals surface area (Å²) >= 11 is 1.95. The van der Waals surface area contributed by atoms with E-state index < -0.39 is 34.1 Å². The lowest BCUT2D eigenvalue weighted by atomic mass is 10.2. The fourth-order valence-electron chi connectivity index (χ4n) is 3.81. The van der Waals surface area contributed by atoms with Gasteiger partial charge in [0.05, 0.1) is 22.5 Å². The van der Waals surface area contributed by atoms with Crippen LogP contribution in [0.25, 0.3) is 11.0 Å². The van der Waals surface area contributed by atoms with Gasteiger partial charge in [-0.05, 0) is 12.1 Å². The fourth-order valence-corrected chi connectivity index (χ4v) is 5.65. The Morgan fingerprint density at radius 2 is 1.02 bits per heavy atom. The molecule has 4 rings (SSSR count). The highest BCUT2D eigenvalue weighted by molar-refractivity contribution is 8.02. The largest absolute Gasteiger partial charge is 0.384 e. The summed E-state index contributed by atoms with van der Waals surface area (Å²) in [6, 6.07) is 6.98. The Kier molecular flexibility index (Phi) is 7.84. The summed E-state index contributed by atoms with van der Waals surface area (Å²) in [6.07, 6.45) is 0. The van der Waals surface area contributed by atoms with E-state index in [4.69, 9.17) is 11.5 Å². The molecule has 16 heteroatoms. The quantitative estimate of drug-likeness (QED) is 0.200. The Bertz CT molecular complexity index is 1820.